The second-order valence-electron chi connectivity index (χ2n) is 6.64. The van der Waals surface area contributed by atoms with Crippen LogP contribution in [0, 0.1) is 6.92 Å². The van der Waals surface area contributed by atoms with Gasteiger partial charge in [0.05, 0.1) is 23.7 Å². The molecule has 6 heteroatoms. The predicted octanol–water partition coefficient (Wildman–Crippen LogP) is 5.76. The highest BCUT2D eigenvalue weighted by Gasteiger charge is 2.17. The van der Waals surface area contributed by atoms with E-state index in [0.717, 1.165) is 15.6 Å². The average Bonchev–Trinajstić information content (AvgIpc) is 2.73. The molecule has 0 atom stereocenters. The third kappa shape index (κ3) is 4.09. The molecule has 0 fully saturated rings. The van der Waals surface area contributed by atoms with Crippen molar-refractivity contribution >= 4 is 38.6 Å². The van der Waals surface area contributed by atoms with Crippen LogP contribution in [0.5, 0.6) is 5.75 Å². The van der Waals surface area contributed by atoms with E-state index in [9.17, 15) is 4.79 Å². The molecule has 4 nitrogen and oxygen atoms in total. The number of ether oxygens (including phenoxy) is 1. The number of thioether (sulfide) groups is 1. The average molecular weight is 467 g/mol. The number of aryl methyl sites for hydroxylation is 1. The van der Waals surface area contributed by atoms with Crippen molar-refractivity contribution in [1.29, 1.82) is 0 Å². The van der Waals surface area contributed by atoms with Gasteiger partial charge in [-0.15, -0.1) is 0 Å². The van der Waals surface area contributed by atoms with Crippen LogP contribution >= 0.6 is 27.7 Å². The SMILES string of the molecule is COc1ccc(C)cc1-n1c(SCc2ccc(Br)cc2)nc2ccccc2c1=O. The lowest BCUT2D eigenvalue weighted by atomic mass is 10.2. The molecule has 0 spiro atoms. The quantitative estimate of drug-likeness (QED) is 0.277. The summed E-state index contributed by atoms with van der Waals surface area (Å²) >= 11 is 5.00. The molecule has 3 aromatic carbocycles. The zero-order valence-electron chi connectivity index (χ0n) is 16.1. The Morgan fingerprint density at radius 3 is 2.59 bits per heavy atom. The van der Waals surface area contributed by atoms with Gasteiger partial charge in [0, 0.05) is 10.2 Å². The summed E-state index contributed by atoms with van der Waals surface area (Å²) in [5.74, 6) is 1.34. The normalized spacial score (nSPS) is 11.0. The molecule has 1 aromatic heterocycles. The van der Waals surface area contributed by atoms with Gasteiger partial charge in [-0.1, -0.05) is 58.0 Å². The van der Waals surface area contributed by atoms with Crippen LogP contribution in [0.3, 0.4) is 0 Å². The van der Waals surface area contributed by atoms with Crippen LogP contribution in [0.2, 0.25) is 0 Å². The first-order chi connectivity index (χ1) is 14.1. The van der Waals surface area contributed by atoms with Gasteiger partial charge in [0.25, 0.3) is 5.56 Å². The minimum Gasteiger partial charge on any atom is -0.495 e. The molecular weight excluding hydrogens is 448 g/mol. The standard InChI is InChI=1S/C23H19BrN2O2S/c1-15-7-12-21(28-2)20(13-15)26-22(27)18-5-3-4-6-19(18)25-23(26)29-14-16-8-10-17(24)11-9-16/h3-13H,14H2,1-2H3. The molecule has 0 aliphatic rings. The number of hydrogen-bond acceptors (Lipinski definition) is 4. The maximum Gasteiger partial charge on any atom is 0.266 e. The lowest BCUT2D eigenvalue weighted by Gasteiger charge is -2.16. The Morgan fingerprint density at radius 2 is 1.83 bits per heavy atom. The number of methoxy groups -OCH3 is 1. The van der Waals surface area contributed by atoms with E-state index in [4.69, 9.17) is 9.72 Å². The largest absolute Gasteiger partial charge is 0.495 e. The number of fused-ring (bicyclic) bond motifs is 1. The molecule has 29 heavy (non-hydrogen) atoms. The van der Waals surface area contributed by atoms with E-state index in [1.54, 1.807) is 11.7 Å². The molecule has 0 saturated carbocycles. The van der Waals surface area contributed by atoms with Gasteiger partial charge < -0.3 is 4.74 Å². The summed E-state index contributed by atoms with van der Waals surface area (Å²) in [7, 11) is 1.61. The maximum absolute atomic E-state index is 13.4. The molecule has 0 bridgehead atoms. The molecule has 1 heterocycles. The first-order valence-corrected chi connectivity index (χ1v) is 10.9. The van der Waals surface area contributed by atoms with Crippen LogP contribution in [-0.2, 0) is 5.75 Å². The molecule has 0 aliphatic heterocycles. The monoisotopic (exact) mass is 466 g/mol. The van der Waals surface area contributed by atoms with Gasteiger partial charge in [-0.2, -0.15) is 0 Å². The number of aromatic nitrogens is 2. The van der Waals surface area contributed by atoms with Crippen molar-refractivity contribution in [3.8, 4) is 11.4 Å². The van der Waals surface area contributed by atoms with E-state index in [-0.39, 0.29) is 5.56 Å². The lowest BCUT2D eigenvalue weighted by molar-refractivity contribution is 0.411. The zero-order valence-corrected chi connectivity index (χ0v) is 18.5. The molecule has 0 unspecified atom stereocenters. The van der Waals surface area contributed by atoms with Crippen molar-refractivity contribution in [2.75, 3.05) is 7.11 Å². The highest BCUT2D eigenvalue weighted by atomic mass is 79.9. The highest BCUT2D eigenvalue weighted by Crippen LogP contribution is 2.29. The number of halogens is 1. The minimum atomic E-state index is -0.0993. The molecule has 0 amide bonds. The molecule has 0 radical (unpaired) electrons. The number of rotatable bonds is 5. The Bertz CT molecular complexity index is 1240. The summed E-state index contributed by atoms with van der Waals surface area (Å²) in [6.45, 7) is 2.00. The fourth-order valence-electron chi connectivity index (χ4n) is 3.12. The van der Waals surface area contributed by atoms with Crippen molar-refractivity contribution in [2.24, 2.45) is 0 Å². The van der Waals surface area contributed by atoms with E-state index in [2.05, 4.69) is 28.1 Å². The van der Waals surface area contributed by atoms with Gasteiger partial charge in [0.1, 0.15) is 5.75 Å². The number of hydrogen-bond donors (Lipinski definition) is 0. The second-order valence-corrected chi connectivity index (χ2v) is 8.50. The fourth-order valence-corrected chi connectivity index (χ4v) is 4.35. The summed E-state index contributed by atoms with van der Waals surface area (Å²) < 4.78 is 8.25. The van der Waals surface area contributed by atoms with E-state index in [0.29, 0.717) is 33.2 Å². The minimum absolute atomic E-state index is 0.0993. The van der Waals surface area contributed by atoms with Crippen molar-refractivity contribution in [2.45, 2.75) is 17.8 Å². The van der Waals surface area contributed by atoms with E-state index in [1.807, 2.05) is 61.5 Å². The molecule has 146 valence electrons. The van der Waals surface area contributed by atoms with Gasteiger partial charge >= 0.3 is 0 Å². The summed E-state index contributed by atoms with van der Waals surface area (Å²) in [5, 5.41) is 1.23. The van der Waals surface area contributed by atoms with Crippen LogP contribution < -0.4 is 10.3 Å². The van der Waals surface area contributed by atoms with Gasteiger partial charge in [0.15, 0.2) is 5.16 Å². The van der Waals surface area contributed by atoms with Crippen molar-refractivity contribution in [3.63, 3.8) is 0 Å². The number of nitrogens with zero attached hydrogens (tertiary/aromatic N) is 2. The van der Waals surface area contributed by atoms with Crippen LogP contribution in [0.1, 0.15) is 11.1 Å². The predicted molar refractivity (Wildman–Crippen MR) is 122 cm³/mol. The summed E-state index contributed by atoms with van der Waals surface area (Å²) in [4.78, 5) is 18.2. The van der Waals surface area contributed by atoms with Gasteiger partial charge in [-0.05, 0) is 54.4 Å². The van der Waals surface area contributed by atoms with Crippen molar-refractivity contribution in [1.82, 2.24) is 9.55 Å². The van der Waals surface area contributed by atoms with Gasteiger partial charge in [-0.25, -0.2) is 4.98 Å². The third-order valence-corrected chi connectivity index (χ3v) is 6.14. The molecular formula is C23H19BrN2O2S. The summed E-state index contributed by atoms with van der Waals surface area (Å²) in [5.41, 5.74) is 3.50. The Morgan fingerprint density at radius 1 is 1.07 bits per heavy atom. The Balaban J connectivity index is 1.88. The summed E-state index contributed by atoms with van der Waals surface area (Å²) in [6, 6.07) is 21.4. The molecule has 4 aromatic rings. The maximum atomic E-state index is 13.4. The zero-order chi connectivity index (χ0) is 20.4. The Labute approximate surface area is 181 Å². The van der Waals surface area contributed by atoms with Crippen LogP contribution in [0.25, 0.3) is 16.6 Å². The van der Waals surface area contributed by atoms with Gasteiger partial charge in [0.2, 0.25) is 0 Å². The molecule has 4 rings (SSSR count). The molecule has 0 saturated heterocycles. The molecule has 0 aliphatic carbocycles. The van der Waals surface area contributed by atoms with Crippen LogP contribution in [0.15, 0.2) is 81.2 Å². The lowest BCUT2D eigenvalue weighted by Crippen LogP contribution is -2.22. The van der Waals surface area contributed by atoms with Crippen LogP contribution in [-0.4, -0.2) is 16.7 Å². The Kier molecular flexibility index (Phi) is 5.74. The van der Waals surface area contributed by atoms with Crippen molar-refractivity contribution < 1.29 is 4.74 Å². The number of para-hydroxylation sites is 1. The van der Waals surface area contributed by atoms with E-state index < -0.39 is 0 Å². The first-order valence-electron chi connectivity index (χ1n) is 9.11. The van der Waals surface area contributed by atoms with Crippen LogP contribution in [0.4, 0.5) is 0 Å². The van der Waals surface area contributed by atoms with E-state index in [1.165, 1.54) is 11.8 Å². The molecule has 0 N–H and O–H groups in total. The Hall–Kier alpha value is -2.57. The first kappa shape index (κ1) is 19.7. The summed E-state index contributed by atoms with van der Waals surface area (Å²) in [6.07, 6.45) is 0. The smallest absolute Gasteiger partial charge is 0.266 e. The third-order valence-electron chi connectivity index (χ3n) is 4.60. The highest BCUT2D eigenvalue weighted by molar-refractivity contribution is 9.10. The topological polar surface area (TPSA) is 44.1 Å². The number of benzene rings is 3. The van der Waals surface area contributed by atoms with Gasteiger partial charge in [-0.3, -0.25) is 9.36 Å². The van der Waals surface area contributed by atoms with Crippen molar-refractivity contribution in [3.05, 3.63) is 92.7 Å². The second kappa shape index (κ2) is 8.43. The van der Waals surface area contributed by atoms with E-state index >= 15 is 0 Å². The fraction of sp³-hybridized carbons (Fsp3) is 0.130.